The van der Waals surface area contributed by atoms with Crippen molar-refractivity contribution in [1.29, 1.82) is 0 Å². The number of anilines is 1. The molecule has 6 heteroatoms. The normalized spacial score (nSPS) is 23.4. The maximum Gasteiger partial charge on any atom is 0.213 e. The zero-order valence-electron chi connectivity index (χ0n) is 11.5. The molecule has 5 nitrogen and oxygen atoms in total. The van der Waals surface area contributed by atoms with Crippen LogP contribution in [0.2, 0.25) is 0 Å². The average molecular weight is 295 g/mol. The maximum absolute atomic E-state index is 11.5. The van der Waals surface area contributed by atoms with Crippen molar-refractivity contribution in [2.45, 2.75) is 31.1 Å². The molecule has 2 aliphatic heterocycles. The van der Waals surface area contributed by atoms with E-state index in [-0.39, 0.29) is 0 Å². The van der Waals surface area contributed by atoms with Crippen LogP contribution in [-0.4, -0.2) is 38.2 Å². The molecule has 1 unspecified atom stereocenters. The van der Waals surface area contributed by atoms with Crippen LogP contribution in [0.5, 0.6) is 0 Å². The fourth-order valence-corrected chi connectivity index (χ4v) is 4.12. The molecule has 0 saturated carbocycles. The number of nitrogens with one attached hydrogen (secondary N) is 1. The zero-order valence-corrected chi connectivity index (χ0v) is 12.3. The summed E-state index contributed by atoms with van der Waals surface area (Å²) in [6, 6.07) is 6.36. The van der Waals surface area contributed by atoms with E-state index in [1.165, 1.54) is 16.8 Å². The van der Waals surface area contributed by atoms with Gasteiger partial charge in [-0.15, -0.1) is 0 Å². The lowest BCUT2D eigenvalue weighted by Gasteiger charge is -2.31. The second kappa shape index (κ2) is 5.35. The van der Waals surface area contributed by atoms with Crippen LogP contribution in [0.15, 0.2) is 18.2 Å². The number of fused-ring (bicyclic) bond motifs is 1. The molecule has 2 heterocycles. The second-order valence-corrected chi connectivity index (χ2v) is 7.56. The summed E-state index contributed by atoms with van der Waals surface area (Å²) in [5.41, 5.74) is 3.86. The summed E-state index contributed by atoms with van der Waals surface area (Å²) >= 11 is 0. The van der Waals surface area contributed by atoms with Gasteiger partial charge in [-0.1, -0.05) is 18.2 Å². The first-order valence-electron chi connectivity index (χ1n) is 7.12. The molecule has 0 radical (unpaired) electrons. The minimum atomic E-state index is -3.42. The van der Waals surface area contributed by atoms with E-state index in [2.05, 4.69) is 28.4 Å². The van der Waals surface area contributed by atoms with Crippen molar-refractivity contribution in [2.75, 3.05) is 25.0 Å². The number of nitrogens with two attached hydrogens (primary N) is 1. The first-order valence-corrected chi connectivity index (χ1v) is 8.73. The van der Waals surface area contributed by atoms with Crippen molar-refractivity contribution < 1.29 is 8.42 Å². The quantitative estimate of drug-likeness (QED) is 0.869. The highest BCUT2D eigenvalue weighted by Gasteiger charge is 2.28. The first kappa shape index (κ1) is 13.9. The smallest absolute Gasteiger partial charge is 0.213 e. The van der Waals surface area contributed by atoms with Gasteiger partial charge < -0.3 is 5.32 Å². The van der Waals surface area contributed by atoms with Gasteiger partial charge in [0.2, 0.25) is 10.0 Å². The van der Waals surface area contributed by atoms with Gasteiger partial charge in [-0.2, -0.15) is 0 Å². The molecule has 0 aromatic heterocycles. The van der Waals surface area contributed by atoms with E-state index in [4.69, 9.17) is 5.14 Å². The van der Waals surface area contributed by atoms with Crippen molar-refractivity contribution in [3.63, 3.8) is 0 Å². The summed E-state index contributed by atoms with van der Waals surface area (Å²) in [7, 11) is -3.42. The number of rotatable bonds is 3. The Kier molecular flexibility index (Phi) is 3.70. The fourth-order valence-electron chi connectivity index (χ4n) is 3.21. The van der Waals surface area contributed by atoms with Crippen molar-refractivity contribution in [2.24, 2.45) is 5.14 Å². The maximum atomic E-state index is 11.5. The lowest BCUT2D eigenvalue weighted by Crippen LogP contribution is -2.44. The minimum absolute atomic E-state index is 0.416. The number of para-hydroxylation sites is 1. The van der Waals surface area contributed by atoms with Crippen LogP contribution in [0.1, 0.15) is 24.0 Å². The highest BCUT2D eigenvalue weighted by atomic mass is 32.2. The molecule has 1 atom stereocenters. The molecule has 110 valence electrons. The number of likely N-dealkylation sites (tertiary alicyclic amines) is 1. The summed E-state index contributed by atoms with van der Waals surface area (Å²) in [6.45, 7) is 3.27. The number of primary sulfonamides is 1. The topological polar surface area (TPSA) is 75.4 Å². The van der Waals surface area contributed by atoms with Gasteiger partial charge in [-0.25, -0.2) is 13.6 Å². The number of sulfonamides is 1. The molecule has 1 fully saturated rings. The van der Waals surface area contributed by atoms with E-state index in [9.17, 15) is 8.42 Å². The van der Waals surface area contributed by atoms with Gasteiger partial charge in [0.25, 0.3) is 0 Å². The number of benzene rings is 1. The predicted molar refractivity (Wildman–Crippen MR) is 80.0 cm³/mol. The Morgan fingerprint density at radius 3 is 3.05 bits per heavy atom. The third-order valence-electron chi connectivity index (χ3n) is 4.25. The third kappa shape index (κ3) is 2.82. The molecule has 1 aromatic carbocycles. The molecule has 3 rings (SSSR count). The van der Waals surface area contributed by atoms with Crippen LogP contribution in [0.4, 0.5) is 5.69 Å². The number of nitrogens with zero attached hydrogens (tertiary/aromatic N) is 1. The molecule has 2 aliphatic rings. The van der Waals surface area contributed by atoms with Gasteiger partial charge in [-0.05, 0) is 36.9 Å². The van der Waals surface area contributed by atoms with E-state index in [0.717, 1.165) is 32.5 Å². The molecular formula is C14H21N3O2S. The van der Waals surface area contributed by atoms with E-state index in [0.29, 0.717) is 13.0 Å². The summed E-state index contributed by atoms with van der Waals surface area (Å²) < 4.78 is 23.0. The van der Waals surface area contributed by atoms with Crippen molar-refractivity contribution in [3.8, 4) is 0 Å². The van der Waals surface area contributed by atoms with Gasteiger partial charge in [-0.3, -0.25) is 4.90 Å². The van der Waals surface area contributed by atoms with Crippen LogP contribution in [0.3, 0.4) is 0 Å². The molecule has 0 aliphatic carbocycles. The molecule has 20 heavy (non-hydrogen) atoms. The summed E-state index contributed by atoms with van der Waals surface area (Å²) in [6.07, 6.45) is 2.65. The van der Waals surface area contributed by atoms with Crippen LogP contribution in [0.25, 0.3) is 0 Å². The van der Waals surface area contributed by atoms with Crippen molar-refractivity contribution in [1.82, 2.24) is 4.90 Å². The molecular weight excluding hydrogens is 274 g/mol. The van der Waals surface area contributed by atoms with Gasteiger partial charge in [0.05, 0.1) is 5.25 Å². The van der Waals surface area contributed by atoms with Gasteiger partial charge >= 0.3 is 0 Å². The summed E-state index contributed by atoms with van der Waals surface area (Å²) in [5, 5.41) is 8.30. The molecule has 1 aromatic rings. The Morgan fingerprint density at radius 2 is 2.25 bits per heavy atom. The molecule has 1 saturated heterocycles. The Labute approximate surface area is 120 Å². The minimum Gasteiger partial charge on any atom is -0.384 e. The summed E-state index contributed by atoms with van der Waals surface area (Å²) in [5.74, 6) is 0. The Morgan fingerprint density at radius 1 is 1.40 bits per heavy atom. The SMILES string of the molecule is NS(=O)(=O)C1CCCN(Cc2cccc3c2NCC3)C1. The summed E-state index contributed by atoms with van der Waals surface area (Å²) in [4.78, 5) is 2.20. The van der Waals surface area contributed by atoms with Crippen molar-refractivity contribution in [3.05, 3.63) is 29.3 Å². The number of hydrogen-bond donors (Lipinski definition) is 2. The van der Waals surface area contributed by atoms with Crippen LogP contribution < -0.4 is 10.5 Å². The predicted octanol–water partition coefficient (Wildman–Crippen LogP) is 0.907. The van der Waals surface area contributed by atoms with E-state index >= 15 is 0 Å². The zero-order chi connectivity index (χ0) is 14.2. The monoisotopic (exact) mass is 295 g/mol. The van der Waals surface area contributed by atoms with Crippen LogP contribution in [-0.2, 0) is 23.0 Å². The molecule has 0 bridgehead atoms. The molecule has 0 amide bonds. The second-order valence-electron chi connectivity index (χ2n) is 5.72. The Hall–Kier alpha value is -1.11. The lowest BCUT2D eigenvalue weighted by atomic mass is 10.1. The van der Waals surface area contributed by atoms with Gasteiger partial charge in [0, 0.05) is 25.3 Å². The number of piperidine rings is 1. The Balaban J connectivity index is 1.74. The average Bonchev–Trinajstić information content (AvgIpc) is 2.87. The van der Waals surface area contributed by atoms with Gasteiger partial charge in [0.15, 0.2) is 0 Å². The number of hydrogen-bond acceptors (Lipinski definition) is 4. The standard InChI is InChI=1S/C14H21N3O2S/c15-20(18,19)13-5-2-8-17(10-13)9-12-4-1-3-11-6-7-16-14(11)12/h1,3-4,13,16H,2,5-10H2,(H2,15,18,19). The van der Waals surface area contributed by atoms with Crippen LogP contribution in [0, 0.1) is 0 Å². The first-order chi connectivity index (χ1) is 9.54. The highest BCUT2D eigenvalue weighted by Crippen LogP contribution is 2.28. The van der Waals surface area contributed by atoms with Crippen molar-refractivity contribution >= 4 is 15.7 Å². The van der Waals surface area contributed by atoms with E-state index in [1.54, 1.807) is 0 Å². The lowest BCUT2D eigenvalue weighted by molar-refractivity contribution is 0.222. The fraction of sp³-hybridized carbons (Fsp3) is 0.571. The third-order valence-corrected chi connectivity index (χ3v) is 5.57. The molecule has 0 spiro atoms. The highest BCUT2D eigenvalue weighted by molar-refractivity contribution is 7.89. The van der Waals surface area contributed by atoms with Crippen LogP contribution >= 0.6 is 0 Å². The van der Waals surface area contributed by atoms with Gasteiger partial charge in [0.1, 0.15) is 0 Å². The Bertz CT molecular complexity index is 600. The van der Waals surface area contributed by atoms with E-state index in [1.807, 2.05) is 0 Å². The van der Waals surface area contributed by atoms with E-state index < -0.39 is 15.3 Å². The molecule has 3 N–H and O–H groups in total. The largest absolute Gasteiger partial charge is 0.384 e.